The van der Waals surface area contributed by atoms with Gasteiger partial charge in [-0.3, -0.25) is 0 Å². The Morgan fingerprint density at radius 1 is 1.44 bits per heavy atom. The van der Waals surface area contributed by atoms with Gasteiger partial charge in [0.25, 0.3) is 0 Å². The zero-order valence-electron chi connectivity index (χ0n) is 9.89. The molecule has 2 rings (SSSR count). The number of nitrogens with zero attached hydrogens (tertiary/aromatic N) is 1. The summed E-state index contributed by atoms with van der Waals surface area (Å²) in [6, 6.07) is 6.08. The molecule has 0 aromatic heterocycles. The second-order valence-electron chi connectivity index (χ2n) is 4.50. The van der Waals surface area contributed by atoms with Crippen LogP contribution < -0.4 is 10.5 Å². The minimum atomic E-state index is -3.62. The van der Waals surface area contributed by atoms with E-state index in [2.05, 4.69) is 4.72 Å². The molecule has 18 heavy (non-hydrogen) atoms. The Bertz CT molecular complexity index is 586. The average Bonchev–Trinajstić information content (AvgIpc) is 3.12. The van der Waals surface area contributed by atoms with Crippen molar-refractivity contribution < 1.29 is 8.42 Å². The molecule has 1 aliphatic rings. The fourth-order valence-corrected chi connectivity index (χ4v) is 2.93. The molecule has 1 aromatic rings. The Kier molecular flexibility index (Phi) is 3.55. The number of benzene rings is 1. The highest BCUT2D eigenvalue weighted by Crippen LogP contribution is 2.31. The van der Waals surface area contributed by atoms with Gasteiger partial charge in [0.2, 0.25) is 10.0 Å². The molecular formula is C12H15N3O2S. The molecule has 5 nitrogen and oxygen atoms in total. The van der Waals surface area contributed by atoms with Crippen LogP contribution in [0.2, 0.25) is 0 Å². The normalized spacial score (nSPS) is 15.3. The highest BCUT2D eigenvalue weighted by atomic mass is 32.2. The fourth-order valence-electron chi connectivity index (χ4n) is 1.75. The number of anilines is 1. The number of sulfonamides is 1. The summed E-state index contributed by atoms with van der Waals surface area (Å²) in [7, 11) is -3.62. The van der Waals surface area contributed by atoms with E-state index in [0.717, 1.165) is 6.42 Å². The van der Waals surface area contributed by atoms with Crippen LogP contribution in [0.4, 0.5) is 5.69 Å². The van der Waals surface area contributed by atoms with E-state index in [-0.39, 0.29) is 10.5 Å². The Morgan fingerprint density at radius 2 is 2.17 bits per heavy atom. The van der Waals surface area contributed by atoms with Gasteiger partial charge in [-0.05, 0) is 30.5 Å². The van der Waals surface area contributed by atoms with Crippen LogP contribution in [0, 0.1) is 17.2 Å². The molecule has 1 saturated carbocycles. The lowest BCUT2D eigenvalue weighted by Gasteiger charge is -2.08. The average molecular weight is 265 g/mol. The molecule has 0 heterocycles. The largest absolute Gasteiger partial charge is 0.399 e. The maximum absolute atomic E-state index is 12.0. The summed E-state index contributed by atoms with van der Waals surface area (Å²) in [5, 5.41) is 8.93. The molecule has 96 valence electrons. The van der Waals surface area contributed by atoms with Crippen LogP contribution in [-0.2, 0) is 10.0 Å². The standard InChI is InChI=1S/C12H15N3O2S/c13-8-10-7-11(14)3-4-12(10)18(16,17)15-6-5-9-1-2-9/h3-4,7,9,15H,1-2,5-6,14H2. The number of nitrogens with two attached hydrogens (primary N) is 1. The van der Waals surface area contributed by atoms with Crippen molar-refractivity contribution in [2.24, 2.45) is 5.92 Å². The van der Waals surface area contributed by atoms with Crippen molar-refractivity contribution in [3.63, 3.8) is 0 Å². The van der Waals surface area contributed by atoms with Crippen LogP contribution in [0.15, 0.2) is 23.1 Å². The first-order valence-electron chi connectivity index (χ1n) is 5.82. The van der Waals surface area contributed by atoms with Crippen LogP contribution in [-0.4, -0.2) is 15.0 Å². The van der Waals surface area contributed by atoms with Gasteiger partial charge in [-0.15, -0.1) is 0 Å². The first-order valence-corrected chi connectivity index (χ1v) is 7.30. The van der Waals surface area contributed by atoms with Crippen LogP contribution in [0.25, 0.3) is 0 Å². The molecule has 0 amide bonds. The van der Waals surface area contributed by atoms with Crippen molar-refractivity contribution in [3.05, 3.63) is 23.8 Å². The number of nitriles is 1. The molecular weight excluding hydrogens is 250 g/mol. The predicted octanol–water partition coefficient (Wildman–Crippen LogP) is 1.22. The summed E-state index contributed by atoms with van der Waals surface area (Å²) < 4.78 is 26.6. The first-order chi connectivity index (χ1) is 8.53. The van der Waals surface area contributed by atoms with E-state index in [1.165, 1.54) is 31.0 Å². The van der Waals surface area contributed by atoms with Gasteiger partial charge in [0.05, 0.1) is 10.5 Å². The van der Waals surface area contributed by atoms with E-state index in [0.29, 0.717) is 18.2 Å². The van der Waals surface area contributed by atoms with Gasteiger partial charge in [0, 0.05) is 12.2 Å². The smallest absolute Gasteiger partial charge is 0.241 e. The summed E-state index contributed by atoms with van der Waals surface area (Å²) in [6.45, 7) is 0.419. The van der Waals surface area contributed by atoms with Crippen molar-refractivity contribution in [1.82, 2.24) is 4.72 Å². The van der Waals surface area contributed by atoms with Gasteiger partial charge < -0.3 is 5.73 Å². The number of rotatable bonds is 5. The number of hydrogen-bond acceptors (Lipinski definition) is 4. The van der Waals surface area contributed by atoms with Gasteiger partial charge >= 0.3 is 0 Å². The Balaban J connectivity index is 2.15. The maximum Gasteiger partial charge on any atom is 0.241 e. The predicted molar refractivity (Wildman–Crippen MR) is 68.1 cm³/mol. The van der Waals surface area contributed by atoms with Crippen molar-refractivity contribution in [2.45, 2.75) is 24.2 Å². The second kappa shape index (κ2) is 4.96. The molecule has 0 unspecified atom stereocenters. The quantitative estimate of drug-likeness (QED) is 0.782. The van der Waals surface area contributed by atoms with Crippen molar-refractivity contribution in [3.8, 4) is 6.07 Å². The molecule has 0 bridgehead atoms. The first kappa shape index (κ1) is 12.9. The summed E-state index contributed by atoms with van der Waals surface area (Å²) in [5.74, 6) is 0.662. The SMILES string of the molecule is N#Cc1cc(N)ccc1S(=O)(=O)NCCC1CC1. The van der Waals surface area contributed by atoms with Crippen LogP contribution in [0.3, 0.4) is 0 Å². The third-order valence-electron chi connectivity index (χ3n) is 2.96. The van der Waals surface area contributed by atoms with E-state index < -0.39 is 10.0 Å². The molecule has 0 aliphatic heterocycles. The molecule has 6 heteroatoms. The van der Waals surface area contributed by atoms with E-state index in [9.17, 15) is 8.42 Å². The highest BCUT2D eigenvalue weighted by Gasteiger charge is 2.23. The molecule has 0 atom stereocenters. The zero-order chi connectivity index (χ0) is 13.2. The topological polar surface area (TPSA) is 96.0 Å². The Hall–Kier alpha value is -1.58. The fraction of sp³-hybridized carbons (Fsp3) is 0.417. The molecule has 0 spiro atoms. The maximum atomic E-state index is 12.0. The monoisotopic (exact) mass is 265 g/mol. The zero-order valence-corrected chi connectivity index (χ0v) is 10.7. The van der Waals surface area contributed by atoms with Crippen molar-refractivity contribution in [2.75, 3.05) is 12.3 Å². The van der Waals surface area contributed by atoms with Gasteiger partial charge in [0.1, 0.15) is 6.07 Å². The molecule has 1 aromatic carbocycles. The lowest BCUT2D eigenvalue weighted by atomic mass is 10.2. The number of hydrogen-bond donors (Lipinski definition) is 2. The minimum Gasteiger partial charge on any atom is -0.399 e. The van der Waals surface area contributed by atoms with Gasteiger partial charge in [0.15, 0.2) is 0 Å². The van der Waals surface area contributed by atoms with Gasteiger partial charge in [-0.2, -0.15) is 5.26 Å². The lowest BCUT2D eigenvalue weighted by Crippen LogP contribution is -2.25. The van der Waals surface area contributed by atoms with E-state index in [4.69, 9.17) is 11.0 Å². The molecule has 1 aliphatic carbocycles. The Morgan fingerprint density at radius 3 is 2.78 bits per heavy atom. The van der Waals surface area contributed by atoms with E-state index in [1.54, 1.807) is 0 Å². The summed E-state index contributed by atoms with van der Waals surface area (Å²) >= 11 is 0. The second-order valence-corrected chi connectivity index (χ2v) is 6.23. The van der Waals surface area contributed by atoms with E-state index >= 15 is 0 Å². The minimum absolute atomic E-state index is 0.00463. The summed E-state index contributed by atoms with van der Waals surface area (Å²) in [6.07, 6.45) is 3.23. The number of nitrogen functional groups attached to an aromatic ring is 1. The van der Waals surface area contributed by atoms with Gasteiger partial charge in [-0.25, -0.2) is 13.1 Å². The van der Waals surface area contributed by atoms with E-state index in [1.807, 2.05) is 6.07 Å². The lowest BCUT2D eigenvalue weighted by molar-refractivity contribution is 0.575. The summed E-state index contributed by atoms with van der Waals surface area (Å²) in [5.41, 5.74) is 5.98. The number of nitrogens with one attached hydrogen (secondary N) is 1. The highest BCUT2D eigenvalue weighted by molar-refractivity contribution is 7.89. The molecule has 0 saturated heterocycles. The third kappa shape index (κ3) is 3.00. The van der Waals surface area contributed by atoms with Gasteiger partial charge in [-0.1, -0.05) is 12.8 Å². The third-order valence-corrected chi connectivity index (χ3v) is 4.47. The van der Waals surface area contributed by atoms with Crippen LogP contribution in [0.5, 0.6) is 0 Å². The van der Waals surface area contributed by atoms with Crippen LogP contribution in [0.1, 0.15) is 24.8 Å². The van der Waals surface area contributed by atoms with Crippen molar-refractivity contribution in [1.29, 1.82) is 5.26 Å². The van der Waals surface area contributed by atoms with Crippen molar-refractivity contribution >= 4 is 15.7 Å². The Labute approximate surface area is 107 Å². The van der Waals surface area contributed by atoms with Crippen LogP contribution >= 0.6 is 0 Å². The molecule has 1 fully saturated rings. The molecule has 0 radical (unpaired) electrons. The molecule has 3 N–H and O–H groups in total. The summed E-state index contributed by atoms with van der Waals surface area (Å²) in [4.78, 5) is -0.00463.